The molecule has 0 atom stereocenters. The van der Waals surface area contributed by atoms with E-state index >= 15 is 0 Å². The molecule has 0 aliphatic carbocycles. The van der Waals surface area contributed by atoms with Crippen LogP contribution in [0.15, 0.2) is 24.1 Å². The van der Waals surface area contributed by atoms with E-state index < -0.39 is 0 Å². The third kappa shape index (κ3) is 2.18. The molecule has 0 unspecified atom stereocenters. The van der Waals surface area contributed by atoms with E-state index in [2.05, 4.69) is 49.8 Å². The number of aromatic nitrogens is 4. The topological polar surface area (TPSA) is 46.8 Å². The summed E-state index contributed by atoms with van der Waals surface area (Å²) in [6.45, 7) is 7.44. The van der Waals surface area contributed by atoms with Crippen molar-refractivity contribution in [2.75, 3.05) is 18.0 Å². The van der Waals surface area contributed by atoms with Crippen LogP contribution in [0.2, 0.25) is 0 Å². The number of aryl methyl sites for hydroxylation is 2. The van der Waals surface area contributed by atoms with Gasteiger partial charge in [0, 0.05) is 44.4 Å². The average Bonchev–Trinajstić information content (AvgIpc) is 3.09. The van der Waals surface area contributed by atoms with Crippen LogP contribution in [-0.4, -0.2) is 32.6 Å². The molecule has 4 heterocycles. The van der Waals surface area contributed by atoms with Crippen molar-refractivity contribution in [2.45, 2.75) is 26.8 Å². The Labute approximate surface area is 133 Å². The minimum absolute atomic E-state index is 0.672. The number of imidazole rings is 1. The second-order valence-corrected chi connectivity index (χ2v) is 6.79. The van der Waals surface area contributed by atoms with Crippen molar-refractivity contribution in [2.24, 2.45) is 5.92 Å². The van der Waals surface area contributed by atoms with Crippen molar-refractivity contribution in [3.8, 4) is 0 Å². The molecule has 0 spiro atoms. The van der Waals surface area contributed by atoms with Crippen LogP contribution in [0.25, 0.3) is 10.2 Å². The number of fused-ring (bicyclic) bond motifs is 1. The van der Waals surface area contributed by atoms with Crippen LogP contribution in [0, 0.1) is 12.8 Å². The molecule has 114 valence electrons. The second kappa shape index (κ2) is 5.35. The Morgan fingerprint density at radius 3 is 2.95 bits per heavy atom. The number of thiophene rings is 1. The molecular weight excluding hydrogens is 294 g/mol. The van der Waals surface area contributed by atoms with Crippen molar-refractivity contribution < 1.29 is 0 Å². The van der Waals surface area contributed by atoms with E-state index in [1.807, 2.05) is 6.20 Å². The molecule has 22 heavy (non-hydrogen) atoms. The Hall–Kier alpha value is -1.95. The molecule has 1 fully saturated rings. The first kappa shape index (κ1) is 13.7. The summed E-state index contributed by atoms with van der Waals surface area (Å²) in [6.07, 6.45) is 6.67. The predicted octanol–water partition coefficient (Wildman–Crippen LogP) is 2.90. The van der Waals surface area contributed by atoms with Gasteiger partial charge >= 0.3 is 0 Å². The SMILES string of the molecule is CCc1nccn1CC1CN(c2ncnc3c(C)csc23)C1. The van der Waals surface area contributed by atoms with Gasteiger partial charge in [0.2, 0.25) is 0 Å². The van der Waals surface area contributed by atoms with Crippen molar-refractivity contribution in [1.29, 1.82) is 0 Å². The van der Waals surface area contributed by atoms with Crippen LogP contribution in [0.1, 0.15) is 18.3 Å². The van der Waals surface area contributed by atoms with Crippen LogP contribution >= 0.6 is 11.3 Å². The maximum absolute atomic E-state index is 4.51. The molecule has 5 nitrogen and oxygen atoms in total. The van der Waals surface area contributed by atoms with Crippen LogP contribution in [-0.2, 0) is 13.0 Å². The van der Waals surface area contributed by atoms with Gasteiger partial charge < -0.3 is 9.47 Å². The summed E-state index contributed by atoms with van der Waals surface area (Å²) in [4.78, 5) is 15.7. The average molecular weight is 313 g/mol. The maximum Gasteiger partial charge on any atom is 0.150 e. The standard InChI is InChI=1S/C16H19N5S/c1-3-13-17-4-5-20(13)6-12-7-21(8-12)16-15-14(18-10-19-16)11(2)9-22-15/h4-5,9-10,12H,3,6-8H2,1-2H3. The number of hydrogen-bond donors (Lipinski definition) is 0. The van der Waals surface area contributed by atoms with Crippen LogP contribution in [0.4, 0.5) is 5.82 Å². The Kier molecular flexibility index (Phi) is 3.33. The monoisotopic (exact) mass is 313 g/mol. The smallest absolute Gasteiger partial charge is 0.150 e. The molecule has 4 rings (SSSR count). The molecule has 3 aromatic rings. The zero-order valence-electron chi connectivity index (χ0n) is 12.9. The van der Waals surface area contributed by atoms with Gasteiger partial charge in [0.15, 0.2) is 0 Å². The zero-order valence-corrected chi connectivity index (χ0v) is 13.7. The fourth-order valence-corrected chi connectivity index (χ4v) is 4.16. The van der Waals surface area contributed by atoms with Gasteiger partial charge in [-0.25, -0.2) is 15.0 Å². The largest absolute Gasteiger partial charge is 0.354 e. The highest BCUT2D eigenvalue weighted by Gasteiger charge is 2.30. The predicted molar refractivity (Wildman–Crippen MR) is 89.5 cm³/mol. The van der Waals surface area contributed by atoms with Gasteiger partial charge in [0.25, 0.3) is 0 Å². The van der Waals surface area contributed by atoms with Crippen molar-refractivity contribution in [1.82, 2.24) is 19.5 Å². The molecule has 0 N–H and O–H groups in total. The zero-order chi connectivity index (χ0) is 15.1. The molecule has 1 aliphatic rings. The van der Waals surface area contributed by atoms with Crippen molar-refractivity contribution in [3.63, 3.8) is 0 Å². The molecule has 0 aromatic carbocycles. The van der Waals surface area contributed by atoms with E-state index in [1.54, 1.807) is 17.7 Å². The van der Waals surface area contributed by atoms with Crippen LogP contribution in [0.3, 0.4) is 0 Å². The number of rotatable bonds is 4. The summed E-state index contributed by atoms with van der Waals surface area (Å²) in [5.74, 6) is 2.95. The molecule has 0 radical (unpaired) electrons. The molecular formula is C16H19N5S. The summed E-state index contributed by atoms with van der Waals surface area (Å²) >= 11 is 1.75. The highest BCUT2D eigenvalue weighted by Crippen LogP contribution is 2.34. The van der Waals surface area contributed by atoms with E-state index in [4.69, 9.17) is 0 Å². The van der Waals surface area contributed by atoms with Gasteiger partial charge in [-0.1, -0.05) is 6.92 Å². The van der Waals surface area contributed by atoms with E-state index in [0.717, 1.165) is 37.4 Å². The molecule has 0 saturated carbocycles. The molecule has 0 amide bonds. The molecule has 6 heteroatoms. The van der Waals surface area contributed by atoms with Crippen LogP contribution < -0.4 is 4.90 Å². The Balaban J connectivity index is 1.48. The summed E-state index contributed by atoms with van der Waals surface area (Å²) < 4.78 is 3.50. The van der Waals surface area contributed by atoms with Crippen molar-refractivity contribution in [3.05, 3.63) is 35.5 Å². The summed E-state index contributed by atoms with van der Waals surface area (Å²) in [6, 6.07) is 0. The lowest BCUT2D eigenvalue weighted by molar-refractivity contribution is 0.352. The summed E-state index contributed by atoms with van der Waals surface area (Å²) in [5, 5.41) is 2.17. The minimum Gasteiger partial charge on any atom is -0.354 e. The Bertz CT molecular complexity index is 800. The Morgan fingerprint density at radius 2 is 2.14 bits per heavy atom. The van der Waals surface area contributed by atoms with Gasteiger partial charge in [-0.2, -0.15) is 0 Å². The molecule has 0 bridgehead atoms. The highest BCUT2D eigenvalue weighted by molar-refractivity contribution is 7.18. The normalized spacial score (nSPS) is 15.5. The van der Waals surface area contributed by atoms with Gasteiger partial charge in [0.1, 0.15) is 18.0 Å². The lowest BCUT2D eigenvalue weighted by atomic mass is 10.00. The van der Waals surface area contributed by atoms with Crippen LogP contribution in [0.5, 0.6) is 0 Å². The van der Waals surface area contributed by atoms with Gasteiger partial charge in [-0.3, -0.25) is 0 Å². The summed E-state index contributed by atoms with van der Waals surface area (Å²) in [5.41, 5.74) is 2.34. The lowest BCUT2D eigenvalue weighted by Crippen LogP contribution is -2.49. The fourth-order valence-electron chi connectivity index (χ4n) is 3.14. The van der Waals surface area contributed by atoms with Gasteiger partial charge in [-0.05, 0) is 17.9 Å². The van der Waals surface area contributed by atoms with E-state index in [1.165, 1.54) is 16.1 Å². The molecule has 3 aromatic heterocycles. The fraction of sp³-hybridized carbons (Fsp3) is 0.438. The summed E-state index contributed by atoms with van der Waals surface area (Å²) in [7, 11) is 0. The van der Waals surface area contributed by atoms with E-state index in [-0.39, 0.29) is 0 Å². The maximum atomic E-state index is 4.51. The first-order valence-electron chi connectivity index (χ1n) is 7.70. The third-order valence-electron chi connectivity index (χ3n) is 4.34. The van der Waals surface area contributed by atoms with Gasteiger partial charge in [-0.15, -0.1) is 11.3 Å². The lowest BCUT2D eigenvalue weighted by Gasteiger charge is -2.40. The first-order chi connectivity index (χ1) is 10.8. The Morgan fingerprint density at radius 1 is 1.27 bits per heavy atom. The molecule has 1 saturated heterocycles. The highest BCUT2D eigenvalue weighted by atomic mass is 32.1. The first-order valence-corrected chi connectivity index (χ1v) is 8.58. The van der Waals surface area contributed by atoms with Gasteiger partial charge in [0.05, 0.1) is 10.2 Å². The minimum atomic E-state index is 0.672. The van der Waals surface area contributed by atoms with E-state index in [9.17, 15) is 0 Å². The second-order valence-electron chi connectivity index (χ2n) is 5.91. The van der Waals surface area contributed by atoms with Crippen molar-refractivity contribution >= 4 is 27.4 Å². The molecule has 1 aliphatic heterocycles. The quantitative estimate of drug-likeness (QED) is 0.743. The number of anilines is 1. The van der Waals surface area contributed by atoms with E-state index in [0.29, 0.717) is 5.92 Å². The third-order valence-corrected chi connectivity index (χ3v) is 5.42. The number of nitrogens with zero attached hydrogens (tertiary/aromatic N) is 5. The number of hydrogen-bond acceptors (Lipinski definition) is 5.